The van der Waals surface area contributed by atoms with Gasteiger partial charge in [-0.05, 0) is 37.6 Å². The molecule has 2 atom stereocenters. The monoisotopic (exact) mass is 296 g/mol. The van der Waals surface area contributed by atoms with Crippen LogP contribution in [0.15, 0.2) is 23.1 Å². The highest BCUT2D eigenvalue weighted by Crippen LogP contribution is 2.20. The number of aryl methyl sites for hydroxylation is 1. The number of morpholine rings is 1. The van der Waals surface area contributed by atoms with E-state index in [1.807, 2.05) is 6.92 Å². The summed E-state index contributed by atoms with van der Waals surface area (Å²) in [6, 6.07) is 5.23. The van der Waals surface area contributed by atoms with Crippen molar-refractivity contribution in [2.24, 2.45) is 0 Å². The molecule has 2 N–H and O–H groups in total. The molecule has 1 heterocycles. The van der Waals surface area contributed by atoms with E-state index in [1.165, 1.54) is 0 Å². The summed E-state index contributed by atoms with van der Waals surface area (Å²) in [5.41, 5.74) is 7.18. The van der Waals surface area contributed by atoms with Crippen LogP contribution in [0.25, 0.3) is 0 Å². The zero-order valence-corrected chi connectivity index (χ0v) is 12.6. The van der Waals surface area contributed by atoms with Crippen molar-refractivity contribution in [3.05, 3.63) is 23.8 Å². The molecule has 1 fully saturated rings. The zero-order chi connectivity index (χ0) is 14.7. The van der Waals surface area contributed by atoms with Crippen molar-refractivity contribution in [1.82, 2.24) is 4.90 Å². The van der Waals surface area contributed by atoms with Crippen LogP contribution >= 0.6 is 0 Å². The lowest BCUT2D eigenvalue weighted by molar-refractivity contribution is -0.134. The Bertz CT molecular complexity index is 527. The number of nitrogens with two attached hydrogens (primary N) is 1. The Morgan fingerprint density at radius 3 is 2.65 bits per heavy atom. The molecule has 0 radical (unpaired) electrons. The lowest BCUT2D eigenvalue weighted by Gasteiger charge is -2.29. The highest BCUT2D eigenvalue weighted by atomic mass is 32.2. The fraction of sp³-hybridized carbons (Fsp3) is 0.500. The van der Waals surface area contributed by atoms with Crippen molar-refractivity contribution in [2.75, 3.05) is 32.0 Å². The van der Waals surface area contributed by atoms with E-state index in [1.54, 1.807) is 30.0 Å². The second-order valence-corrected chi connectivity index (χ2v) is 6.64. The number of nitrogen functional groups attached to an aromatic ring is 1. The predicted octanol–water partition coefficient (Wildman–Crippen LogP) is 0.932. The largest absolute Gasteiger partial charge is 0.399 e. The van der Waals surface area contributed by atoms with Crippen LogP contribution < -0.4 is 5.73 Å². The van der Waals surface area contributed by atoms with Gasteiger partial charge in [0.15, 0.2) is 0 Å². The number of anilines is 1. The highest BCUT2D eigenvalue weighted by Gasteiger charge is 2.28. The van der Waals surface area contributed by atoms with Gasteiger partial charge in [0.2, 0.25) is 5.91 Å². The second-order valence-electron chi connectivity index (χ2n) is 4.90. The lowest BCUT2D eigenvalue weighted by Crippen LogP contribution is -2.46. The average molecular weight is 296 g/mol. The Balaban J connectivity index is 2.13. The van der Waals surface area contributed by atoms with Gasteiger partial charge in [0, 0.05) is 23.7 Å². The summed E-state index contributed by atoms with van der Waals surface area (Å²) in [4.78, 5) is 14.7. The van der Waals surface area contributed by atoms with Crippen molar-refractivity contribution < 1.29 is 13.7 Å². The fourth-order valence-corrected chi connectivity index (χ4v) is 3.51. The molecule has 110 valence electrons. The maximum atomic E-state index is 12.6. The molecule has 1 aliphatic heterocycles. The number of ether oxygens (including phenoxy) is 1. The molecule has 6 heteroatoms. The number of benzene rings is 1. The smallest absolute Gasteiger partial charge is 0.238 e. The fourth-order valence-electron chi connectivity index (χ4n) is 2.22. The van der Waals surface area contributed by atoms with Crippen LogP contribution in [0.4, 0.5) is 5.69 Å². The molecule has 2 rings (SSSR count). The number of carbonyl (C=O) groups is 1. The van der Waals surface area contributed by atoms with E-state index in [9.17, 15) is 9.00 Å². The molecule has 2 unspecified atom stereocenters. The Morgan fingerprint density at radius 1 is 1.40 bits per heavy atom. The third-order valence-electron chi connectivity index (χ3n) is 3.41. The highest BCUT2D eigenvalue weighted by molar-refractivity contribution is 7.86. The molecule has 1 amide bonds. The summed E-state index contributed by atoms with van der Waals surface area (Å²) in [5.74, 6) is -0.0807. The molecule has 0 bridgehead atoms. The summed E-state index contributed by atoms with van der Waals surface area (Å²) in [6.45, 7) is 5.80. The van der Waals surface area contributed by atoms with Crippen molar-refractivity contribution in [3.63, 3.8) is 0 Å². The minimum Gasteiger partial charge on any atom is -0.399 e. The Morgan fingerprint density at radius 2 is 2.05 bits per heavy atom. The molecular formula is C14H20N2O3S. The SMILES string of the molecule is Cc1cc(N)ccc1S(=O)C(C)C(=O)N1CCOCC1. The first kappa shape index (κ1) is 15.0. The van der Waals surface area contributed by atoms with E-state index in [2.05, 4.69) is 0 Å². The molecule has 0 spiro atoms. The summed E-state index contributed by atoms with van der Waals surface area (Å²) in [7, 11) is -1.37. The summed E-state index contributed by atoms with van der Waals surface area (Å²) < 4.78 is 17.8. The average Bonchev–Trinajstić information content (AvgIpc) is 2.46. The third kappa shape index (κ3) is 3.19. The first-order chi connectivity index (χ1) is 9.50. The van der Waals surface area contributed by atoms with Crippen LogP contribution in [0, 0.1) is 6.92 Å². The molecule has 1 saturated heterocycles. The Kier molecular flexibility index (Phi) is 4.77. The van der Waals surface area contributed by atoms with Crippen LogP contribution in [0.1, 0.15) is 12.5 Å². The normalized spacial score (nSPS) is 18.6. The standard InChI is InChI=1S/C14H20N2O3S/c1-10-9-12(15)3-4-13(10)20(18)11(2)14(17)16-5-7-19-8-6-16/h3-4,9,11H,5-8,15H2,1-2H3. The predicted molar refractivity (Wildman–Crippen MR) is 78.9 cm³/mol. The van der Waals surface area contributed by atoms with E-state index >= 15 is 0 Å². The zero-order valence-electron chi connectivity index (χ0n) is 11.8. The first-order valence-corrected chi connectivity index (χ1v) is 7.85. The van der Waals surface area contributed by atoms with Gasteiger partial charge in [0.05, 0.1) is 24.0 Å². The summed E-state index contributed by atoms with van der Waals surface area (Å²) >= 11 is 0. The molecule has 1 aromatic carbocycles. The van der Waals surface area contributed by atoms with Gasteiger partial charge in [-0.1, -0.05) is 0 Å². The van der Waals surface area contributed by atoms with Crippen LogP contribution in [0.3, 0.4) is 0 Å². The van der Waals surface area contributed by atoms with E-state index in [0.717, 1.165) is 5.56 Å². The van der Waals surface area contributed by atoms with Crippen LogP contribution in [0.5, 0.6) is 0 Å². The van der Waals surface area contributed by atoms with Crippen molar-refractivity contribution in [2.45, 2.75) is 24.0 Å². The lowest BCUT2D eigenvalue weighted by atomic mass is 10.2. The number of nitrogens with zero attached hydrogens (tertiary/aromatic N) is 1. The van der Waals surface area contributed by atoms with E-state index in [0.29, 0.717) is 36.9 Å². The van der Waals surface area contributed by atoms with Crippen molar-refractivity contribution >= 4 is 22.4 Å². The number of hydrogen-bond acceptors (Lipinski definition) is 4. The Hall–Kier alpha value is -1.40. The molecular weight excluding hydrogens is 276 g/mol. The van der Waals surface area contributed by atoms with Gasteiger partial charge < -0.3 is 15.4 Å². The Labute approximate surface area is 121 Å². The van der Waals surface area contributed by atoms with Crippen LogP contribution in [-0.2, 0) is 20.3 Å². The van der Waals surface area contributed by atoms with Gasteiger partial charge in [0.1, 0.15) is 5.25 Å². The minimum atomic E-state index is -1.37. The summed E-state index contributed by atoms with van der Waals surface area (Å²) in [5, 5.41) is -0.560. The third-order valence-corrected chi connectivity index (χ3v) is 5.14. The van der Waals surface area contributed by atoms with Gasteiger partial charge in [-0.25, -0.2) is 0 Å². The van der Waals surface area contributed by atoms with Gasteiger partial charge in [-0.3, -0.25) is 9.00 Å². The van der Waals surface area contributed by atoms with Crippen molar-refractivity contribution in [1.29, 1.82) is 0 Å². The molecule has 20 heavy (non-hydrogen) atoms. The maximum absolute atomic E-state index is 12.6. The number of rotatable bonds is 3. The molecule has 5 nitrogen and oxygen atoms in total. The minimum absolute atomic E-state index is 0.0807. The quantitative estimate of drug-likeness (QED) is 0.842. The van der Waals surface area contributed by atoms with Gasteiger partial charge >= 0.3 is 0 Å². The molecule has 1 aliphatic rings. The van der Waals surface area contributed by atoms with Crippen LogP contribution in [-0.4, -0.2) is 46.6 Å². The van der Waals surface area contributed by atoms with Gasteiger partial charge in [-0.15, -0.1) is 0 Å². The molecule has 1 aromatic rings. The second kappa shape index (κ2) is 6.37. The number of carbonyl (C=O) groups excluding carboxylic acids is 1. The van der Waals surface area contributed by atoms with Crippen molar-refractivity contribution in [3.8, 4) is 0 Å². The summed E-state index contributed by atoms with van der Waals surface area (Å²) in [6.07, 6.45) is 0. The van der Waals surface area contributed by atoms with E-state index < -0.39 is 16.0 Å². The molecule has 0 saturated carbocycles. The molecule has 0 aliphatic carbocycles. The number of amides is 1. The van der Waals surface area contributed by atoms with E-state index in [4.69, 9.17) is 10.5 Å². The first-order valence-electron chi connectivity index (χ1n) is 6.64. The topological polar surface area (TPSA) is 72.6 Å². The molecule has 0 aromatic heterocycles. The van der Waals surface area contributed by atoms with Gasteiger partial charge in [0.25, 0.3) is 0 Å². The van der Waals surface area contributed by atoms with Crippen LogP contribution in [0.2, 0.25) is 0 Å². The van der Waals surface area contributed by atoms with Gasteiger partial charge in [-0.2, -0.15) is 0 Å². The van der Waals surface area contributed by atoms with E-state index in [-0.39, 0.29) is 5.91 Å². The maximum Gasteiger partial charge on any atom is 0.238 e. The number of hydrogen-bond donors (Lipinski definition) is 1.